The summed E-state index contributed by atoms with van der Waals surface area (Å²) in [7, 11) is 0. The van der Waals surface area contributed by atoms with Gasteiger partial charge in [-0.3, -0.25) is 14.4 Å². The van der Waals surface area contributed by atoms with Crippen LogP contribution in [0.15, 0.2) is 24.3 Å². The van der Waals surface area contributed by atoms with Gasteiger partial charge >= 0.3 is 17.9 Å². The summed E-state index contributed by atoms with van der Waals surface area (Å²) in [4.78, 5) is 37.8. The van der Waals surface area contributed by atoms with E-state index in [9.17, 15) is 14.4 Å². The Balaban J connectivity index is 4.10. The molecule has 0 rings (SSSR count). The highest BCUT2D eigenvalue weighted by Gasteiger charge is 2.19. The molecule has 0 aliphatic carbocycles. The number of hydrogen-bond donors (Lipinski definition) is 0. The van der Waals surface area contributed by atoms with Crippen LogP contribution in [-0.4, -0.2) is 37.2 Å². The molecule has 0 aromatic rings. The second-order valence-electron chi connectivity index (χ2n) is 18.9. The minimum absolute atomic E-state index is 0.0680. The van der Waals surface area contributed by atoms with Crippen LogP contribution >= 0.6 is 0 Å². The molecule has 0 aliphatic rings. The maximum atomic E-state index is 12.8. The van der Waals surface area contributed by atoms with E-state index in [0.717, 1.165) is 64.2 Å². The van der Waals surface area contributed by atoms with Crippen molar-refractivity contribution in [2.75, 3.05) is 13.2 Å². The minimum atomic E-state index is -0.764. The van der Waals surface area contributed by atoms with Gasteiger partial charge in [-0.2, -0.15) is 0 Å². The largest absolute Gasteiger partial charge is 0.462 e. The number of hydrogen-bond acceptors (Lipinski definition) is 6. The zero-order valence-electron chi connectivity index (χ0n) is 42.4. The third-order valence-electron chi connectivity index (χ3n) is 12.5. The summed E-state index contributed by atoms with van der Waals surface area (Å²) in [5.41, 5.74) is 0. The second-order valence-corrected chi connectivity index (χ2v) is 18.9. The summed E-state index contributed by atoms with van der Waals surface area (Å²) in [6, 6.07) is 0. The molecule has 0 aliphatic heterocycles. The molecule has 0 saturated heterocycles. The van der Waals surface area contributed by atoms with Crippen molar-refractivity contribution >= 4 is 17.9 Å². The Bertz CT molecular complexity index is 1020. The monoisotopic (exact) mass is 887 g/mol. The summed E-state index contributed by atoms with van der Waals surface area (Å²) in [6.07, 6.45) is 60.5. The van der Waals surface area contributed by atoms with E-state index in [4.69, 9.17) is 14.2 Å². The molecule has 1 unspecified atom stereocenters. The average molecular weight is 887 g/mol. The smallest absolute Gasteiger partial charge is 0.306 e. The highest BCUT2D eigenvalue weighted by Crippen LogP contribution is 2.16. The SMILES string of the molecule is CCCCCCC/C=C\C/C=C\CCCCCCCCCCCCCC(=O)OCC(COC(=O)CCCCCCCC)OC(=O)CCCCCCCCCCCCCCCCCC. The van der Waals surface area contributed by atoms with Crippen molar-refractivity contribution in [2.45, 2.75) is 309 Å². The molecule has 0 bridgehead atoms. The first-order valence-electron chi connectivity index (χ1n) is 27.8. The number of unbranched alkanes of at least 4 members (excludes halogenated alkanes) is 36. The first-order valence-corrected chi connectivity index (χ1v) is 27.8. The maximum Gasteiger partial charge on any atom is 0.306 e. The van der Waals surface area contributed by atoms with Gasteiger partial charge in [0.2, 0.25) is 0 Å². The second kappa shape index (κ2) is 52.5. The average Bonchev–Trinajstić information content (AvgIpc) is 3.28. The Morgan fingerprint density at radius 2 is 0.571 bits per heavy atom. The van der Waals surface area contributed by atoms with E-state index in [2.05, 4.69) is 45.1 Å². The molecule has 0 spiro atoms. The van der Waals surface area contributed by atoms with Crippen LogP contribution in [-0.2, 0) is 28.6 Å². The predicted octanol–water partition coefficient (Wildman–Crippen LogP) is 18.3. The van der Waals surface area contributed by atoms with Gasteiger partial charge in [0.05, 0.1) is 0 Å². The van der Waals surface area contributed by atoms with E-state index >= 15 is 0 Å². The molecule has 0 amide bonds. The number of allylic oxidation sites excluding steroid dienone is 4. The minimum Gasteiger partial charge on any atom is -0.462 e. The fourth-order valence-electron chi connectivity index (χ4n) is 8.24. The zero-order chi connectivity index (χ0) is 45.8. The van der Waals surface area contributed by atoms with Gasteiger partial charge in [0, 0.05) is 19.3 Å². The molecular formula is C57H106O6. The highest BCUT2D eigenvalue weighted by molar-refractivity contribution is 5.71. The summed E-state index contributed by atoms with van der Waals surface area (Å²) in [5, 5.41) is 0. The van der Waals surface area contributed by atoms with Gasteiger partial charge in [0.1, 0.15) is 13.2 Å². The topological polar surface area (TPSA) is 78.9 Å². The molecule has 6 nitrogen and oxygen atoms in total. The van der Waals surface area contributed by atoms with Gasteiger partial charge in [-0.15, -0.1) is 0 Å². The fraction of sp³-hybridized carbons (Fsp3) is 0.877. The van der Waals surface area contributed by atoms with Crippen molar-refractivity contribution in [2.24, 2.45) is 0 Å². The first kappa shape index (κ1) is 60.9. The normalized spacial score (nSPS) is 12.1. The third kappa shape index (κ3) is 50.7. The summed E-state index contributed by atoms with van der Waals surface area (Å²) in [6.45, 7) is 6.61. The van der Waals surface area contributed by atoms with Crippen LogP contribution in [0.2, 0.25) is 0 Å². The van der Waals surface area contributed by atoms with Crippen molar-refractivity contribution < 1.29 is 28.6 Å². The molecule has 0 saturated carbocycles. The van der Waals surface area contributed by atoms with Crippen molar-refractivity contribution in [3.8, 4) is 0 Å². The lowest BCUT2D eigenvalue weighted by Crippen LogP contribution is -2.30. The van der Waals surface area contributed by atoms with E-state index in [1.54, 1.807) is 0 Å². The van der Waals surface area contributed by atoms with Gasteiger partial charge in [-0.1, -0.05) is 257 Å². The Morgan fingerprint density at radius 1 is 0.317 bits per heavy atom. The van der Waals surface area contributed by atoms with Gasteiger partial charge in [-0.25, -0.2) is 0 Å². The third-order valence-corrected chi connectivity index (χ3v) is 12.5. The van der Waals surface area contributed by atoms with Crippen LogP contribution in [0.4, 0.5) is 0 Å². The number of esters is 3. The van der Waals surface area contributed by atoms with Crippen LogP contribution < -0.4 is 0 Å². The first-order chi connectivity index (χ1) is 31.0. The Kier molecular flexibility index (Phi) is 50.8. The lowest BCUT2D eigenvalue weighted by molar-refractivity contribution is -0.167. The maximum absolute atomic E-state index is 12.8. The van der Waals surface area contributed by atoms with Crippen LogP contribution in [0.25, 0.3) is 0 Å². The quantitative estimate of drug-likeness (QED) is 0.0262. The Labute approximate surface area is 392 Å². The Hall–Kier alpha value is -2.11. The van der Waals surface area contributed by atoms with E-state index in [-0.39, 0.29) is 31.1 Å². The van der Waals surface area contributed by atoms with Crippen LogP contribution in [0.5, 0.6) is 0 Å². The summed E-state index contributed by atoms with van der Waals surface area (Å²) >= 11 is 0. The van der Waals surface area contributed by atoms with Gasteiger partial charge in [0.15, 0.2) is 6.10 Å². The molecule has 0 N–H and O–H groups in total. The van der Waals surface area contributed by atoms with E-state index in [1.165, 1.54) is 199 Å². The molecule has 0 aromatic heterocycles. The van der Waals surface area contributed by atoms with Gasteiger partial charge < -0.3 is 14.2 Å². The predicted molar refractivity (Wildman–Crippen MR) is 270 cm³/mol. The molecule has 0 fully saturated rings. The molecule has 0 radical (unpaired) electrons. The van der Waals surface area contributed by atoms with Crippen molar-refractivity contribution in [1.29, 1.82) is 0 Å². The standard InChI is InChI=1S/C57H106O6/c1-4-7-10-13-16-18-20-22-24-26-27-28-29-30-31-32-34-35-37-39-41-44-47-50-56(59)62-53-54(52-61-55(58)49-46-43-15-12-9-6-3)63-57(60)51-48-45-42-40-38-36-33-25-23-21-19-17-14-11-8-5-2/h20,22,26-27,54H,4-19,21,23-25,28-53H2,1-3H3/b22-20-,27-26-. The molecule has 6 heteroatoms. The zero-order valence-corrected chi connectivity index (χ0v) is 42.4. The van der Waals surface area contributed by atoms with Crippen LogP contribution in [0.3, 0.4) is 0 Å². The van der Waals surface area contributed by atoms with Crippen LogP contribution in [0.1, 0.15) is 303 Å². The fourth-order valence-corrected chi connectivity index (χ4v) is 8.24. The summed E-state index contributed by atoms with van der Waals surface area (Å²) < 4.78 is 16.7. The Morgan fingerprint density at radius 3 is 0.873 bits per heavy atom. The molecule has 370 valence electrons. The molecule has 0 aromatic carbocycles. The number of carbonyl (C=O) groups excluding carboxylic acids is 3. The van der Waals surface area contributed by atoms with E-state index < -0.39 is 6.10 Å². The van der Waals surface area contributed by atoms with Gasteiger partial charge in [-0.05, 0) is 51.4 Å². The van der Waals surface area contributed by atoms with Crippen molar-refractivity contribution in [3.05, 3.63) is 24.3 Å². The molecule has 0 heterocycles. The lowest BCUT2D eigenvalue weighted by Gasteiger charge is -2.18. The molecular weight excluding hydrogens is 781 g/mol. The van der Waals surface area contributed by atoms with Crippen molar-refractivity contribution in [1.82, 2.24) is 0 Å². The number of rotatable bonds is 51. The highest BCUT2D eigenvalue weighted by atomic mass is 16.6. The van der Waals surface area contributed by atoms with E-state index in [1.807, 2.05) is 0 Å². The van der Waals surface area contributed by atoms with Crippen molar-refractivity contribution in [3.63, 3.8) is 0 Å². The number of ether oxygens (including phenoxy) is 3. The molecule has 1 atom stereocenters. The van der Waals surface area contributed by atoms with Gasteiger partial charge in [0.25, 0.3) is 0 Å². The number of carbonyl (C=O) groups is 3. The van der Waals surface area contributed by atoms with Crippen LogP contribution in [0, 0.1) is 0 Å². The lowest BCUT2D eigenvalue weighted by atomic mass is 10.0. The van der Waals surface area contributed by atoms with E-state index in [0.29, 0.717) is 19.3 Å². The summed E-state index contributed by atoms with van der Waals surface area (Å²) in [5.74, 6) is -0.863. The molecule has 63 heavy (non-hydrogen) atoms.